The molecule has 0 saturated heterocycles. The van der Waals surface area contributed by atoms with Gasteiger partial charge in [0.1, 0.15) is 0 Å². The van der Waals surface area contributed by atoms with Crippen LogP contribution in [0, 0.1) is 18.8 Å². The number of carbonyl (C=O) groups is 1. The monoisotopic (exact) mass is 407 g/mol. The predicted molar refractivity (Wildman–Crippen MR) is 115 cm³/mol. The molecule has 0 bridgehead atoms. The Kier molecular flexibility index (Phi) is 6.02. The van der Waals surface area contributed by atoms with E-state index < -0.39 is 5.92 Å². The summed E-state index contributed by atoms with van der Waals surface area (Å²) in [4.78, 5) is 14.7. The zero-order valence-electron chi connectivity index (χ0n) is 17.4. The van der Waals surface area contributed by atoms with E-state index >= 15 is 0 Å². The molecule has 0 aliphatic rings. The number of anilines is 1. The highest BCUT2D eigenvalue weighted by Gasteiger charge is 2.21. The van der Waals surface area contributed by atoms with Gasteiger partial charge in [0.15, 0.2) is 0 Å². The molecule has 6 heteroatoms. The minimum atomic E-state index is -3.03. The number of benzene rings is 2. The van der Waals surface area contributed by atoms with E-state index in [0.717, 1.165) is 23.7 Å². The van der Waals surface area contributed by atoms with Gasteiger partial charge in [-0.3, -0.25) is 9.48 Å². The zero-order valence-corrected chi connectivity index (χ0v) is 17.4. The van der Waals surface area contributed by atoms with E-state index in [2.05, 4.69) is 11.0 Å². The molecule has 3 rings (SSSR count). The van der Waals surface area contributed by atoms with Gasteiger partial charge in [-0.25, -0.2) is 0 Å². The van der Waals surface area contributed by atoms with E-state index in [-0.39, 0.29) is 5.91 Å². The van der Waals surface area contributed by atoms with Crippen LogP contribution >= 0.6 is 0 Å². The fourth-order valence-electron chi connectivity index (χ4n) is 3.11. The molecule has 0 N–H and O–H groups in total. The first-order valence-electron chi connectivity index (χ1n) is 9.62. The van der Waals surface area contributed by atoms with Crippen molar-refractivity contribution >= 4 is 11.6 Å². The van der Waals surface area contributed by atoms with Crippen molar-refractivity contribution in [2.45, 2.75) is 33.2 Å². The molecule has 0 radical (unpaired) electrons. The second-order valence-electron chi connectivity index (χ2n) is 7.08. The number of rotatable bonds is 4. The molecule has 1 amide bonds. The molecule has 2 aromatic carbocycles. The largest absolute Gasteiger partial charge is 0.311 e. The molecular formula is C24H23F2N3O. The highest BCUT2D eigenvalue weighted by atomic mass is 19.3. The average molecular weight is 407 g/mol. The van der Waals surface area contributed by atoms with Crippen LogP contribution < -0.4 is 4.90 Å². The van der Waals surface area contributed by atoms with E-state index in [1.165, 1.54) is 0 Å². The van der Waals surface area contributed by atoms with Gasteiger partial charge >= 0.3 is 5.92 Å². The fraction of sp³-hybridized carbons (Fsp3) is 0.250. The maximum atomic E-state index is 13.1. The molecule has 4 nitrogen and oxygen atoms in total. The summed E-state index contributed by atoms with van der Waals surface area (Å²) >= 11 is 0. The summed E-state index contributed by atoms with van der Waals surface area (Å²) in [5.74, 6) is 1.23. The first kappa shape index (κ1) is 21.3. The number of carbonyl (C=O) groups excluding carboxylic acids is 1. The lowest BCUT2D eigenvalue weighted by Crippen LogP contribution is -2.27. The highest BCUT2D eigenvalue weighted by molar-refractivity contribution is 6.08. The molecule has 0 aliphatic carbocycles. The summed E-state index contributed by atoms with van der Waals surface area (Å²) in [5.41, 5.74) is 4.20. The Balaban J connectivity index is 1.93. The molecule has 1 heterocycles. The number of amides is 1. The SMILES string of the molecule is CCn1cc(C(=O)N(C)c2ccccc2-c2ccc(C#CC(C)(F)F)cc2)c(C)n1. The van der Waals surface area contributed by atoms with Gasteiger partial charge in [-0.1, -0.05) is 36.3 Å². The van der Waals surface area contributed by atoms with Crippen LogP contribution in [-0.4, -0.2) is 28.7 Å². The third kappa shape index (κ3) is 4.74. The summed E-state index contributed by atoms with van der Waals surface area (Å²) in [7, 11) is 1.73. The van der Waals surface area contributed by atoms with E-state index in [4.69, 9.17) is 0 Å². The second-order valence-corrected chi connectivity index (χ2v) is 7.08. The molecule has 154 valence electrons. The van der Waals surface area contributed by atoms with Crippen LogP contribution in [0.2, 0.25) is 0 Å². The first-order chi connectivity index (χ1) is 14.2. The average Bonchev–Trinajstić information content (AvgIpc) is 3.12. The number of hydrogen-bond donors (Lipinski definition) is 0. The fourth-order valence-corrected chi connectivity index (χ4v) is 3.11. The van der Waals surface area contributed by atoms with Crippen LogP contribution in [0.15, 0.2) is 54.7 Å². The van der Waals surface area contributed by atoms with Gasteiger partial charge in [0.05, 0.1) is 16.9 Å². The van der Waals surface area contributed by atoms with Crippen LogP contribution in [0.1, 0.15) is 35.5 Å². The van der Waals surface area contributed by atoms with Crippen molar-refractivity contribution in [1.82, 2.24) is 9.78 Å². The van der Waals surface area contributed by atoms with Crippen LogP contribution in [-0.2, 0) is 6.54 Å². The Morgan fingerprint density at radius 1 is 1.17 bits per heavy atom. The van der Waals surface area contributed by atoms with Gasteiger partial charge < -0.3 is 4.90 Å². The lowest BCUT2D eigenvalue weighted by atomic mass is 10.0. The third-order valence-corrected chi connectivity index (χ3v) is 4.69. The number of aryl methyl sites for hydroxylation is 2. The maximum Gasteiger partial charge on any atom is 0.305 e. The molecular weight excluding hydrogens is 384 g/mol. The van der Waals surface area contributed by atoms with Crippen LogP contribution in [0.5, 0.6) is 0 Å². The summed E-state index contributed by atoms with van der Waals surface area (Å²) in [5, 5.41) is 4.35. The highest BCUT2D eigenvalue weighted by Crippen LogP contribution is 2.31. The summed E-state index contributed by atoms with van der Waals surface area (Å²) < 4.78 is 27.6. The van der Waals surface area contributed by atoms with Crippen molar-refractivity contribution in [3.63, 3.8) is 0 Å². The third-order valence-electron chi connectivity index (χ3n) is 4.69. The molecule has 3 aromatic rings. The first-order valence-corrected chi connectivity index (χ1v) is 9.62. The van der Waals surface area contributed by atoms with Crippen molar-refractivity contribution in [3.8, 4) is 23.0 Å². The van der Waals surface area contributed by atoms with Gasteiger partial charge in [-0.2, -0.15) is 13.9 Å². The van der Waals surface area contributed by atoms with Crippen molar-refractivity contribution in [1.29, 1.82) is 0 Å². The van der Waals surface area contributed by atoms with Crippen molar-refractivity contribution in [3.05, 3.63) is 71.5 Å². The molecule has 0 aliphatic heterocycles. The Labute approximate surface area is 175 Å². The molecule has 1 aromatic heterocycles. The zero-order chi connectivity index (χ0) is 21.9. The van der Waals surface area contributed by atoms with Gasteiger partial charge in [0.2, 0.25) is 0 Å². The lowest BCUT2D eigenvalue weighted by Gasteiger charge is -2.21. The predicted octanol–water partition coefficient (Wildman–Crippen LogP) is 5.16. The number of hydrogen-bond acceptors (Lipinski definition) is 2. The number of nitrogens with zero attached hydrogens (tertiary/aromatic N) is 3. The van der Waals surface area contributed by atoms with E-state index in [0.29, 0.717) is 23.4 Å². The summed E-state index contributed by atoms with van der Waals surface area (Å²) in [6.45, 7) is 5.24. The van der Waals surface area contributed by atoms with Gasteiger partial charge in [0.25, 0.3) is 5.91 Å². The standard InChI is InChI=1S/C24H23F2N3O/c1-5-29-16-21(17(2)27-29)23(30)28(4)22-9-7-6-8-20(22)19-12-10-18(11-13-19)14-15-24(3,25)26/h6-13,16H,5H2,1-4H3. The van der Waals surface area contributed by atoms with E-state index in [1.54, 1.807) is 35.0 Å². The minimum Gasteiger partial charge on any atom is -0.311 e. The number of para-hydroxylation sites is 1. The molecule has 30 heavy (non-hydrogen) atoms. The van der Waals surface area contributed by atoms with Crippen molar-refractivity contribution in [2.24, 2.45) is 0 Å². The van der Waals surface area contributed by atoms with Gasteiger partial charge in [0, 0.05) is 37.8 Å². The van der Waals surface area contributed by atoms with Crippen LogP contribution in [0.25, 0.3) is 11.1 Å². The molecule has 0 unspecified atom stereocenters. The normalized spacial score (nSPS) is 11.0. The quantitative estimate of drug-likeness (QED) is 0.560. The lowest BCUT2D eigenvalue weighted by molar-refractivity contribution is 0.0888. The van der Waals surface area contributed by atoms with Gasteiger partial charge in [-0.05, 0) is 43.5 Å². The Morgan fingerprint density at radius 3 is 2.43 bits per heavy atom. The van der Waals surface area contributed by atoms with E-state index in [1.807, 2.05) is 56.2 Å². The topological polar surface area (TPSA) is 38.1 Å². The smallest absolute Gasteiger partial charge is 0.305 e. The van der Waals surface area contributed by atoms with Crippen molar-refractivity contribution < 1.29 is 13.6 Å². The molecule has 0 fully saturated rings. The second kappa shape index (κ2) is 8.50. The maximum absolute atomic E-state index is 13.1. The van der Waals surface area contributed by atoms with Crippen molar-refractivity contribution in [2.75, 3.05) is 11.9 Å². The number of aromatic nitrogens is 2. The van der Waals surface area contributed by atoms with Gasteiger partial charge in [-0.15, -0.1) is 0 Å². The summed E-state index contributed by atoms with van der Waals surface area (Å²) in [6, 6.07) is 14.6. The molecule has 0 atom stereocenters. The minimum absolute atomic E-state index is 0.146. The Bertz CT molecular complexity index is 1120. The Morgan fingerprint density at radius 2 is 1.83 bits per heavy atom. The number of halogens is 2. The van der Waals surface area contributed by atoms with E-state index in [9.17, 15) is 13.6 Å². The summed E-state index contributed by atoms with van der Waals surface area (Å²) in [6.07, 6.45) is 1.76. The molecule has 0 saturated carbocycles. The van der Waals surface area contributed by atoms with Crippen LogP contribution in [0.4, 0.5) is 14.5 Å². The Hall–Kier alpha value is -3.46. The molecule has 0 spiro atoms. The number of alkyl halides is 2. The van der Waals surface area contributed by atoms with Crippen LogP contribution in [0.3, 0.4) is 0 Å².